The highest BCUT2D eigenvalue weighted by atomic mass is 16.5. The van der Waals surface area contributed by atoms with Crippen LogP contribution in [-0.2, 0) is 4.74 Å². The molecule has 0 aliphatic rings. The van der Waals surface area contributed by atoms with Crippen LogP contribution in [0.1, 0.15) is 15.9 Å². The van der Waals surface area contributed by atoms with Crippen molar-refractivity contribution >= 4 is 11.6 Å². The SMILES string of the molecule is Cc1ccc(C(=O)NCCOCCN(C)C)c(N)c1. The van der Waals surface area contributed by atoms with E-state index in [9.17, 15) is 4.79 Å². The van der Waals surface area contributed by atoms with Crippen molar-refractivity contribution in [1.29, 1.82) is 0 Å². The number of nitrogens with zero attached hydrogens (tertiary/aromatic N) is 1. The third-order valence-electron chi connectivity index (χ3n) is 2.67. The molecule has 0 atom stereocenters. The molecule has 0 spiro atoms. The van der Waals surface area contributed by atoms with Gasteiger partial charge in [-0.3, -0.25) is 4.79 Å². The van der Waals surface area contributed by atoms with Crippen LogP contribution in [0.25, 0.3) is 0 Å². The number of nitrogens with one attached hydrogen (secondary N) is 1. The maximum absolute atomic E-state index is 11.9. The fourth-order valence-corrected chi connectivity index (χ4v) is 1.57. The van der Waals surface area contributed by atoms with E-state index in [1.54, 1.807) is 12.1 Å². The van der Waals surface area contributed by atoms with Crippen molar-refractivity contribution in [3.05, 3.63) is 29.3 Å². The van der Waals surface area contributed by atoms with Crippen molar-refractivity contribution < 1.29 is 9.53 Å². The summed E-state index contributed by atoms with van der Waals surface area (Å²) in [4.78, 5) is 13.9. The second-order valence-corrected chi connectivity index (χ2v) is 4.76. The molecule has 106 valence electrons. The lowest BCUT2D eigenvalue weighted by Crippen LogP contribution is -2.29. The van der Waals surface area contributed by atoms with E-state index >= 15 is 0 Å². The van der Waals surface area contributed by atoms with Crippen molar-refractivity contribution in [3.8, 4) is 0 Å². The van der Waals surface area contributed by atoms with Gasteiger partial charge in [0.1, 0.15) is 0 Å². The summed E-state index contributed by atoms with van der Waals surface area (Å²) in [5.41, 5.74) is 7.87. The Hall–Kier alpha value is -1.59. The van der Waals surface area contributed by atoms with Crippen LogP contribution in [0.3, 0.4) is 0 Å². The standard InChI is InChI=1S/C14H23N3O2/c1-11-4-5-12(13(15)10-11)14(18)16-6-8-19-9-7-17(2)3/h4-5,10H,6-9,15H2,1-3H3,(H,16,18). The third kappa shape index (κ3) is 5.72. The van der Waals surface area contributed by atoms with E-state index < -0.39 is 0 Å². The number of ether oxygens (including phenoxy) is 1. The van der Waals surface area contributed by atoms with Crippen molar-refractivity contribution in [1.82, 2.24) is 10.2 Å². The lowest BCUT2D eigenvalue weighted by atomic mass is 10.1. The number of amides is 1. The Bertz CT molecular complexity index is 419. The van der Waals surface area contributed by atoms with Gasteiger partial charge in [0.2, 0.25) is 0 Å². The molecule has 5 nitrogen and oxygen atoms in total. The maximum atomic E-state index is 11.9. The zero-order chi connectivity index (χ0) is 14.3. The number of nitrogens with two attached hydrogens (primary N) is 1. The number of hydrogen-bond acceptors (Lipinski definition) is 4. The van der Waals surface area contributed by atoms with Gasteiger partial charge in [-0.2, -0.15) is 0 Å². The Morgan fingerprint density at radius 3 is 2.74 bits per heavy atom. The topological polar surface area (TPSA) is 67.6 Å². The Morgan fingerprint density at radius 2 is 2.11 bits per heavy atom. The number of likely N-dealkylation sites (N-methyl/N-ethyl adjacent to an activating group) is 1. The molecule has 1 amide bonds. The molecule has 0 bridgehead atoms. The monoisotopic (exact) mass is 265 g/mol. The average molecular weight is 265 g/mol. The Kier molecular flexibility index (Phi) is 6.32. The predicted octanol–water partition coefficient (Wildman–Crippen LogP) is 0.885. The highest BCUT2D eigenvalue weighted by Crippen LogP contribution is 2.13. The van der Waals surface area contributed by atoms with Crippen LogP contribution in [0.15, 0.2) is 18.2 Å². The molecule has 0 fully saturated rings. The maximum Gasteiger partial charge on any atom is 0.253 e. The zero-order valence-corrected chi connectivity index (χ0v) is 11.9. The summed E-state index contributed by atoms with van der Waals surface area (Å²) in [7, 11) is 3.98. The van der Waals surface area contributed by atoms with Crippen LogP contribution in [0.2, 0.25) is 0 Å². The van der Waals surface area contributed by atoms with Crippen LogP contribution >= 0.6 is 0 Å². The van der Waals surface area contributed by atoms with E-state index in [0.29, 0.717) is 31.0 Å². The van der Waals surface area contributed by atoms with E-state index in [1.165, 1.54) is 0 Å². The molecule has 0 radical (unpaired) electrons. The third-order valence-corrected chi connectivity index (χ3v) is 2.67. The Labute approximate surface area is 114 Å². The Balaban J connectivity index is 2.28. The first-order valence-corrected chi connectivity index (χ1v) is 6.37. The minimum atomic E-state index is -0.159. The van der Waals surface area contributed by atoms with E-state index in [4.69, 9.17) is 10.5 Å². The molecule has 19 heavy (non-hydrogen) atoms. The molecule has 1 aromatic rings. The molecular weight excluding hydrogens is 242 g/mol. The minimum absolute atomic E-state index is 0.159. The van der Waals surface area contributed by atoms with Gasteiger partial charge in [0, 0.05) is 18.8 Å². The van der Waals surface area contributed by atoms with Gasteiger partial charge in [0.25, 0.3) is 5.91 Å². The summed E-state index contributed by atoms with van der Waals surface area (Å²) >= 11 is 0. The van der Waals surface area contributed by atoms with E-state index in [0.717, 1.165) is 12.1 Å². The summed E-state index contributed by atoms with van der Waals surface area (Å²) in [6.07, 6.45) is 0. The number of aryl methyl sites for hydroxylation is 1. The summed E-state index contributed by atoms with van der Waals surface area (Å²) in [5, 5.41) is 2.79. The molecule has 0 aliphatic heterocycles. The summed E-state index contributed by atoms with van der Waals surface area (Å²) in [6.45, 7) is 4.47. The molecule has 0 saturated heterocycles. The van der Waals surface area contributed by atoms with Gasteiger partial charge in [0.05, 0.1) is 18.8 Å². The number of benzene rings is 1. The van der Waals surface area contributed by atoms with Crippen molar-refractivity contribution in [2.75, 3.05) is 46.1 Å². The largest absolute Gasteiger partial charge is 0.398 e. The fraction of sp³-hybridized carbons (Fsp3) is 0.500. The normalized spacial score (nSPS) is 10.7. The molecule has 0 unspecified atom stereocenters. The van der Waals surface area contributed by atoms with Gasteiger partial charge in [0.15, 0.2) is 0 Å². The van der Waals surface area contributed by atoms with Gasteiger partial charge in [-0.05, 0) is 38.7 Å². The first kappa shape index (κ1) is 15.5. The first-order chi connectivity index (χ1) is 9.00. The highest BCUT2D eigenvalue weighted by molar-refractivity contribution is 5.99. The van der Waals surface area contributed by atoms with Gasteiger partial charge in [-0.25, -0.2) is 0 Å². The molecule has 1 aromatic carbocycles. The number of carbonyl (C=O) groups excluding carboxylic acids is 1. The van der Waals surface area contributed by atoms with Crippen molar-refractivity contribution in [2.24, 2.45) is 0 Å². The molecule has 0 aliphatic carbocycles. The molecule has 3 N–H and O–H groups in total. The number of nitrogen functional groups attached to an aromatic ring is 1. The minimum Gasteiger partial charge on any atom is -0.398 e. The summed E-state index contributed by atoms with van der Waals surface area (Å²) < 4.78 is 5.39. The smallest absolute Gasteiger partial charge is 0.253 e. The second kappa shape index (κ2) is 7.76. The van der Waals surface area contributed by atoms with Crippen molar-refractivity contribution in [2.45, 2.75) is 6.92 Å². The van der Waals surface area contributed by atoms with Gasteiger partial charge in [-0.15, -0.1) is 0 Å². The first-order valence-electron chi connectivity index (χ1n) is 6.37. The van der Waals surface area contributed by atoms with Gasteiger partial charge >= 0.3 is 0 Å². The second-order valence-electron chi connectivity index (χ2n) is 4.76. The lowest BCUT2D eigenvalue weighted by Gasteiger charge is -2.11. The Morgan fingerprint density at radius 1 is 1.37 bits per heavy atom. The summed E-state index contributed by atoms with van der Waals surface area (Å²) in [5.74, 6) is -0.159. The van der Waals surface area contributed by atoms with Crippen LogP contribution in [-0.4, -0.2) is 51.2 Å². The fourth-order valence-electron chi connectivity index (χ4n) is 1.57. The number of hydrogen-bond donors (Lipinski definition) is 2. The molecule has 1 rings (SSSR count). The molecule has 0 heterocycles. The molecule has 0 saturated carbocycles. The van der Waals surface area contributed by atoms with E-state index in [2.05, 4.69) is 5.32 Å². The van der Waals surface area contributed by atoms with Crippen molar-refractivity contribution in [3.63, 3.8) is 0 Å². The average Bonchev–Trinajstić information content (AvgIpc) is 2.32. The lowest BCUT2D eigenvalue weighted by molar-refractivity contribution is 0.0901. The predicted molar refractivity (Wildman–Crippen MR) is 77.3 cm³/mol. The highest BCUT2D eigenvalue weighted by Gasteiger charge is 2.08. The van der Waals surface area contributed by atoms with Crippen LogP contribution in [0, 0.1) is 6.92 Å². The molecule has 0 aromatic heterocycles. The van der Waals surface area contributed by atoms with Crippen LogP contribution in [0.5, 0.6) is 0 Å². The van der Waals surface area contributed by atoms with E-state index in [1.807, 2.05) is 32.0 Å². The van der Waals surface area contributed by atoms with Crippen LogP contribution in [0.4, 0.5) is 5.69 Å². The van der Waals surface area contributed by atoms with Crippen LogP contribution < -0.4 is 11.1 Å². The van der Waals surface area contributed by atoms with Gasteiger partial charge < -0.3 is 20.7 Å². The zero-order valence-electron chi connectivity index (χ0n) is 11.9. The van der Waals surface area contributed by atoms with Gasteiger partial charge in [-0.1, -0.05) is 6.07 Å². The molecular formula is C14H23N3O2. The summed E-state index contributed by atoms with van der Waals surface area (Å²) in [6, 6.07) is 5.41. The molecule has 5 heteroatoms. The number of carbonyl (C=O) groups is 1. The number of anilines is 1. The quantitative estimate of drug-likeness (QED) is 0.567. The number of rotatable bonds is 7. The van der Waals surface area contributed by atoms with E-state index in [-0.39, 0.29) is 5.91 Å².